The molecule has 0 aliphatic rings. The first kappa shape index (κ1) is 12.8. The maximum atomic E-state index is 11.8. The molecule has 3 N–H and O–H groups in total. The van der Waals surface area contributed by atoms with E-state index in [4.69, 9.17) is 17.3 Å². The first-order valence-electron chi connectivity index (χ1n) is 5.23. The van der Waals surface area contributed by atoms with Gasteiger partial charge in [-0.25, -0.2) is 4.98 Å². The van der Waals surface area contributed by atoms with Gasteiger partial charge in [-0.15, -0.1) is 0 Å². The Morgan fingerprint density at radius 1 is 1.69 bits per heavy atom. The van der Waals surface area contributed by atoms with Crippen LogP contribution in [0.25, 0.3) is 0 Å². The number of anilines is 1. The van der Waals surface area contributed by atoms with E-state index in [9.17, 15) is 4.79 Å². The molecule has 0 aliphatic carbocycles. The number of nitrogens with one attached hydrogen (secondary N) is 1. The van der Waals surface area contributed by atoms with E-state index in [1.165, 1.54) is 12.3 Å². The van der Waals surface area contributed by atoms with E-state index < -0.39 is 0 Å². The van der Waals surface area contributed by atoms with Crippen molar-refractivity contribution in [3.05, 3.63) is 22.8 Å². The highest BCUT2D eigenvalue weighted by atomic mass is 35.5. The van der Waals surface area contributed by atoms with Crippen LogP contribution in [0.1, 0.15) is 30.6 Å². The molecule has 0 saturated carbocycles. The average molecular weight is 242 g/mol. The highest BCUT2D eigenvalue weighted by Gasteiger charge is 2.11. The van der Waals surface area contributed by atoms with Gasteiger partial charge in [-0.2, -0.15) is 0 Å². The maximum Gasteiger partial charge on any atom is 0.252 e. The molecule has 1 aromatic rings. The monoisotopic (exact) mass is 241 g/mol. The molecule has 88 valence electrons. The Balaban J connectivity index is 2.69. The topological polar surface area (TPSA) is 68.0 Å². The normalized spacial score (nSPS) is 12.2. The zero-order chi connectivity index (χ0) is 12.1. The second kappa shape index (κ2) is 5.70. The SMILES string of the molecule is CCC(C)CNC(=O)c1cc(N)ncc1Cl. The van der Waals surface area contributed by atoms with Crippen molar-refractivity contribution in [2.45, 2.75) is 20.3 Å². The van der Waals surface area contributed by atoms with Gasteiger partial charge in [-0.3, -0.25) is 4.79 Å². The van der Waals surface area contributed by atoms with Crippen LogP contribution in [0.15, 0.2) is 12.3 Å². The van der Waals surface area contributed by atoms with E-state index in [0.717, 1.165) is 6.42 Å². The summed E-state index contributed by atoms with van der Waals surface area (Å²) in [4.78, 5) is 15.6. The predicted molar refractivity (Wildman–Crippen MR) is 65.4 cm³/mol. The van der Waals surface area contributed by atoms with Gasteiger partial charge in [0.15, 0.2) is 0 Å². The molecule has 0 aliphatic heterocycles. The molecule has 0 saturated heterocycles. The summed E-state index contributed by atoms with van der Waals surface area (Å²) in [6.45, 7) is 4.78. The van der Waals surface area contributed by atoms with Crippen LogP contribution in [-0.4, -0.2) is 17.4 Å². The van der Waals surface area contributed by atoms with E-state index >= 15 is 0 Å². The first-order valence-corrected chi connectivity index (χ1v) is 5.61. The zero-order valence-electron chi connectivity index (χ0n) is 9.46. The van der Waals surface area contributed by atoms with Crippen molar-refractivity contribution in [3.8, 4) is 0 Å². The molecule has 0 fully saturated rings. The Morgan fingerprint density at radius 3 is 3.00 bits per heavy atom. The number of aromatic nitrogens is 1. The fourth-order valence-electron chi connectivity index (χ4n) is 1.14. The predicted octanol–water partition coefficient (Wildman–Crippen LogP) is 2.09. The number of nitrogens with two attached hydrogens (primary N) is 1. The second-order valence-electron chi connectivity index (χ2n) is 3.81. The Kier molecular flexibility index (Phi) is 4.55. The number of hydrogen-bond donors (Lipinski definition) is 2. The lowest BCUT2D eigenvalue weighted by atomic mass is 10.1. The Hall–Kier alpha value is -1.29. The van der Waals surface area contributed by atoms with Crippen LogP contribution in [0, 0.1) is 5.92 Å². The highest BCUT2D eigenvalue weighted by Crippen LogP contribution is 2.16. The van der Waals surface area contributed by atoms with Gasteiger partial charge >= 0.3 is 0 Å². The minimum atomic E-state index is -0.209. The number of nitrogen functional groups attached to an aromatic ring is 1. The number of halogens is 1. The lowest BCUT2D eigenvalue weighted by Crippen LogP contribution is -2.28. The van der Waals surface area contributed by atoms with Crippen molar-refractivity contribution >= 4 is 23.3 Å². The van der Waals surface area contributed by atoms with Gasteiger partial charge in [-0.05, 0) is 12.0 Å². The van der Waals surface area contributed by atoms with E-state index in [2.05, 4.69) is 24.1 Å². The fraction of sp³-hybridized carbons (Fsp3) is 0.455. The largest absolute Gasteiger partial charge is 0.384 e. The summed E-state index contributed by atoms with van der Waals surface area (Å²) in [7, 11) is 0. The average Bonchev–Trinajstić information content (AvgIpc) is 2.28. The van der Waals surface area contributed by atoms with Gasteiger partial charge in [0.1, 0.15) is 5.82 Å². The van der Waals surface area contributed by atoms with Gasteiger partial charge in [-0.1, -0.05) is 31.9 Å². The maximum absolute atomic E-state index is 11.8. The molecule has 5 heteroatoms. The Morgan fingerprint density at radius 2 is 2.38 bits per heavy atom. The van der Waals surface area contributed by atoms with E-state index in [-0.39, 0.29) is 11.7 Å². The highest BCUT2D eigenvalue weighted by molar-refractivity contribution is 6.33. The van der Waals surface area contributed by atoms with Crippen LogP contribution in [0.3, 0.4) is 0 Å². The molecule has 1 atom stereocenters. The molecule has 0 aromatic carbocycles. The zero-order valence-corrected chi connectivity index (χ0v) is 10.2. The summed E-state index contributed by atoms with van der Waals surface area (Å²) in [5, 5.41) is 3.13. The summed E-state index contributed by atoms with van der Waals surface area (Å²) >= 11 is 5.86. The fourth-order valence-corrected chi connectivity index (χ4v) is 1.32. The third-order valence-corrected chi connectivity index (χ3v) is 2.73. The number of hydrogen-bond acceptors (Lipinski definition) is 3. The van der Waals surface area contributed by atoms with Crippen LogP contribution in [0.4, 0.5) is 5.82 Å². The molecule has 0 radical (unpaired) electrons. The summed E-state index contributed by atoms with van der Waals surface area (Å²) in [5.41, 5.74) is 5.87. The minimum Gasteiger partial charge on any atom is -0.384 e. The first-order chi connectivity index (χ1) is 7.54. The summed E-state index contributed by atoms with van der Waals surface area (Å²) in [6, 6.07) is 1.48. The third-order valence-electron chi connectivity index (χ3n) is 2.43. The standard InChI is InChI=1S/C11H16ClN3O/c1-3-7(2)5-15-11(16)8-4-10(13)14-6-9(8)12/h4,6-7H,3,5H2,1-2H3,(H2,13,14)(H,15,16). The minimum absolute atomic E-state index is 0.209. The van der Waals surface area contributed by atoms with Gasteiger partial charge in [0.25, 0.3) is 5.91 Å². The number of amides is 1. The molecule has 16 heavy (non-hydrogen) atoms. The molecular formula is C11H16ClN3O. The van der Waals surface area contributed by atoms with Gasteiger partial charge in [0.2, 0.25) is 0 Å². The number of nitrogens with zero attached hydrogens (tertiary/aromatic N) is 1. The van der Waals surface area contributed by atoms with E-state index in [1.807, 2.05) is 0 Å². The van der Waals surface area contributed by atoms with Crippen molar-refractivity contribution in [2.24, 2.45) is 5.92 Å². The van der Waals surface area contributed by atoms with E-state index in [1.54, 1.807) is 0 Å². The van der Waals surface area contributed by atoms with Crippen LogP contribution >= 0.6 is 11.6 Å². The van der Waals surface area contributed by atoms with Crippen LogP contribution in [-0.2, 0) is 0 Å². The molecular weight excluding hydrogens is 226 g/mol. The van der Waals surface area contributed by atoms with Crippen LogP contribution in [0.2, 0.25) is 5.02 Å². The summed E-state index contributed by atoms with van der Waals surface area (Å²) in [5.74, 6) is 0.527. The molecule has 1 rings (SSSR count). The summed E-state index contributed by atoms with van der Waals surface area (Å²) < 4.78 is 0. The van der Waals surface area contributed by atoms with Crippen molar-refractivity contribution < 1.29 is 4.79 Å². The lowest BCUT2D eigenvalue weighted by Gasteiger charge is -2.10. The molecule has 0 bridgehead atoms. The molecule has 1 aromatic heterocycles. The molecule has 0 spiro atoms. The summed E-state index contributed by atoms with van der Waals surface area (Å²) in [6.07, 6.45) is 2.40. The number of carbonyl (C=O) groups excluding carboxylic acids is 1. The Labute approximate surface area is 100 Å². The number of carbonyl (C=O) groups is 1. The van der Waals surface area contributed by atoms with Gasteiger partial charge in [0.05, 0.1) is 10.6 Å². The van der Waals surface area contributed by atoms with Crippen molar-refractivity contribution in [2.75, 3.05) is 12.3 Å². The van der Waals surface area contributed by atoms with Crippen LogP contribution in [0.5, 0.6) is 0 Å². The number of rotatable bonds is 4. The van der Waals surface area contributed by atoms with Gasteiger partial charge < -0.3 is 11.1 Å². The molecule has 4 nitrogen and oxygen atoms in total. The quantitative estimate of drug-likeness (QED) is 0.848. The Bertz CT molecular complexity index is 381. The van der Waals surface area contributed by atoms with Gasteiger partial charge in [0, 0.05) is 12.7 Å². The lowest BCUT2D eigenvalue weighted by molar-refractivity contribution is 0.0948. The molecule has 1 unspecified atom stereocenters. The van der Waals surface area contributed by atoms with E-state index in [0.29, 0.717) is 23.0 Å². The molecule has 1 heterocycles. The van der Waals surface area contributed by atoms with Crippen molar-refractivity contribution in [3.63, 3.8) is 0 Å². The smallest absolute Gasteiger partial charge is 0.252 e. The van der Waals surface area contributed by atoms with Crippen molar-refractivity contribution in [1.82, 2.24) is 10.3 Å². The van der Waals surface area contributed by atoms with Crippen LogP contribution < -0.4 is 11.1 Å². The number of pyridine rings is 1. The third kappa shape index (κ3) is 3.38. The van der Waals surface area contributed by atoms with Crippen molar-refractivity contribution in [1.29, 1.82) is 0 Å². The molecule has 1 amide bonds. The second-order valence-corrected chi connectivity index (χ2v) is 4.22.